The van der Waals surface area contributed by atoms with Crippen molar-refractivity contribution in [1.29, 1.82) is 0 Å². The number of rotatable bonds is 6. The number of nitrogens with zero attached hydrogens (tertiary/aromatic N) is 1. The molecule has 1 heterocycles. The van der Waals surface area contributed by atoms with Gasteiger partial charge in [-0.1, -0.05) is 17.7 Å². The zero-order valence-corrected chi connectivity index (χ0v) is 20.1. The van der Waals surface area contributed by atoms with Crippen LogP contribution in [0.5, 0.6) is 0 Å². The Morgan fingerprint density at radius 1 is 1.23 bits per heavy atom. The van der Waals surface area contributed by atoms with Crippen LogP contribution in [0.1, 0.15) is 30.4 Å². The first-order valence-corrected chi connectivity index (χ1v) is 12.9. The first-order valence-electron chi connectivity index (χ1n) is 10.1. The van der Waals surface area contributed by atoms with Crippen LogP contribution < -0.4 is 10.2 Å². The van der Waals surface area contributed by atoms with Crippen LogP contribution in [-0.2, 0) is 25.8 Å². The Balaban J connectivity index is 1.48. The molecule has 1 saturated carbocycles. The number of halogens is 2. The molecular weight excluding hydrogens is 504 g/mol. The van der Waals surface area contributed by atoms with Crippen molar-refractivity contribution in [2.75, 3.05) is 22.5 Å². The topological polar surface area (TPSA) is 83.6 Å². The van der Waals surface area contributed by atoms with Crippen molar-refractivity contribution < 1.29 is 18.0 Å². The standard InChI is InChI=1S/C22H22BrClN2O4S/c1-13-2-5-16(11-18(13)24)25-21(27)7-9-31(29,30)20-12-19-15(10-17(20)23)6-8-26(19)22(28)14-3-4-14/h2,5,10-12,14H,3-4,6-9H2,1H3,(H,25,27). The molecule has 2 aromatic carbocycles. The molecule has 1 N–H and O–H groups in total. The van der Waals surface area contributed by atoms with Crippen LogP contribution in [0.3, 0.4) is 0 Å². The number of carbonyl (C=O) groups excluding carboxylic acids is 2. The van der Waals surface area contributed by atoms with Gasteiger partial charge in [0.2, 0.25) is 11.8 Å². The fourth-order valence-electron chi connectivity index (χ4n) is 3.64. The van der Waals surface area contributed by atoms with E-state index in [1.54, 1.807) is 35.2 Å². The summed E-state index contributed by atoms with van der Waals surface area (Å²) in [6.45, 7) is 2.43. The molecule has 0 unspecified atom stereocenters. The van der Waals surface area contributed by atoms with E-state index >= 15 is 0 Å². The maximum Gasteiger partial charge on any atom is 0.230 e. The predicted octanol–water partition coefficient (Wildman–Crippen LogP) is 4.51. The number of carbonyl (C=O) groups is 2. The van der Waals surface area contributed by atoms with Crippen LogP contribution in [0.25, 0.3) is 0 Å². The maximum atomic E-state index is 13.0. The summed E-state index contributed by atoms with van der Waals surface area (Å²) >= 11 is 9.43. The van der Waals surface area contributed by atoms with Gasteiger partial charge in [-0.25, -0.2) is 8.42 Å². The monoisotopic (exact) mass is 524 g/mol. The number of nitrogens with one attached hydrogen (secondary N) is 1. The van der Waals surface area contributed by atoms with E-state index in [4.69, 9.17) is 11.6 Å². The van der Waals surface area contributed by atoms with Gasteiger partial charge >= 0.3 is 0 Å². The van der Waals surface area contributed by atoms with Crippen LogP contribution in [0.4, 0.5) is 11.4 Å². The largest absolute Gasteiger partial charge is 0.326 e. The van der Waals surface area contributed by atoms with Crippen molar-refractivity contribution in [3.05, 3.63) is 51.0 Å². The van der Waals surface area contributed by atoms with Gasteiger partial charge in [0.1, 0.15) is 0 Å². The molecule has 2 aromatic rings. The highest BCUT2D eigenvalue weighted by Gasteiger charge is 2.37. The van der Waals surface area contributed by atoms with Gasteiger partial charge in [-0.15, -0.1) is 0 Å². The summed E-state index contributed by atoms with van der Waals surface area (Å²) in [6.07, 6.45) is 2.30. The average molecular weight is 526 g/mol. The van der Waals surface area contributed by atoms with Crippen molar-refractivity contribution in [2.45, 2.75) is 37.5 Å². The summed E-state index contributed by atoms with van der Waals surface area (Å²) in [5.41, 5.74) is 3.02. The van der Waals surface area contributed by atoms with E-state index in [0.717, 1.165) is 24.0 Å². The zero-order valence-electron chi connectivity index (χ0n) is 17.0. The lowest BCUT2D eigenvalue weighted by Crippen LogP contribution is -2.30. The molecule has 0 spiro atoms. The van der Waals surface area contributed by atoms with Gasteiger partial charge < -0.3 is 10.2 Å². The highest BCUT2D eigenvalue weighted by molar-refractivity contribution is 9.10. The molecule has 0 atom stereocenters. The van der Waals surface area contributed by atoms with Crippen molar-refractivity contribution in [1.82, 2.24) is 0 Å². The molecule has 31 heavy (non-hydrogen) atoms. The summed E-state index contributed by atoms with van der Waals surface area (Å²) in [7, 11) is -3.74. The smallest absolute Gasteiger partial charge is 0.230 e. The van der Waals surface area contributed by atoms with Gasteiger partial charge in [0.25, 0.3) is 0 Å². The van der Waals surface area contributed by atoms with Crippen molar-refractivity contribution in [3.8, 4) is 0 Å². The molecule has 0 aromatic heterocycles. The van der Waals surface area contributed by atoms with E-state index in [-0.39, 0.29) is 28.9 Å². The molecule has 2 aliphatic rings. The van der Waals surface area contributed by atoms with E-state index in [2.05, 4.69) is 21.2 Å². The highest BCUT2D eigenvalue weighted by Crippen LogP contribution is 2.39. The normalized spacial score (nSPS) is 15.6. The van der Waals surface area contributed by atoms with E-state index in [0.29, 0.717) is 33.8 Å². The Morgan fingerprint density at radius 3 is 2.65 bits per heavy atom. The Hall–Kier alpha value is -1.90. The zero-order chi connectivity index (χ0) is 22.3. The number of fused-ring (bicyclic) bond motifs is 1. The third-order valence-electron chi connectivity index (χ3n) is 5.61. The highest BCUT2D eigenvalue weighted by atomic mass is 79.9. The lowest BCUT2D eigenvalue weighted by atomic mass is 10.2. The second-order valence-corrected chi connectivity index (χ2v) is 11.3. The average Bonchev–Trinajstić information content (AvgIpc) is 3.48. The molecule has 6 nitrogen and oxygen atoms in total. The molecule has 2 amide bonds. The molecule has 1 aliphatic carbocycles. The summed E-state index contributed by atoms with van der Waals surface area (Å²) in [4.78, 5) is 26.7. The number of sulfone groups is 1. The van der Waals surface area contributed by atoms with E-state index in [9.17, 15) is 18.0 Å². The lowest BCUT2D eigenvalue weighted by molar-refractivity contribution is -0.119. The number of amides is 2. The second kappa shape index (κ2) is 8.56. The molecule has 0 bridgehead atoms. The quantitative estimate of drug-likeness (QED) is 0.601. The van der Waals surface area contributed by atoms with Crippen LogP contribution in [-0.4, -0.2) is 32.5 Å². The van der Waals surface area contributed by atoms with Gasteiger partial charge in [0.05, 0.1) is 10.6 Å². The van der Waals surface area contributed by atoms with E-state index in [1.165, 1.54) is 0 Å². The number of anilines is 2. The molecular formula is C22H22BrClN2O4S. The minimum absolute atomic E-state index is 0.0635. The third-order valence-corrected chi connectivity index (χ3v) is 8.69. The summed E-state index contributed by atoms with van der Waals surface area (Å²) in [5.74, 6) is -0.618. The van der Waals surface area contributed by atoms with Crippen molar-refractivity contribution in [2.24, 2.45) is 5.92 Å². The fraction of sp³-hybridized carbons (Fsp3) is 0.364. The first-order chi connectivity index (χ1) is 14.7. The Labute approximate surface area is 195 Å². The lowest BCUT2D eigenvalue weighted by Gasteiger charge is -2.18. The molecule has 1 fully saturated rings. The van der Waals surface area contributed by atoms with Crippen molar-refractivity contribution in [3.63, 3.8) is 0 Å². The number of hydrogen-bond donors (Lipinski definition) is 1. The van der Waals surface area contributed by atoms with Gasteiger partial charge in [-0.05, 0) is 77.5 Å². The van der Waals surface area contributed by atoms with Crippen LogP contribution >= 0.6 is 27.5 Å². The molecule has 0 radical (unpaired) electrons. The summed E-state index contributed by atoms with van der Waals surface area (Å²) in [6, 6.07) is 8.48. The Kier molecular flexibility index (Phi) is 6.16. The van der Waals surface area contributed by atoms with Crippen LogP contribution in [0, 0.1) is 12.8 Å². The number of benzene rings is 2. The predicted molar refractivity (Wildman–Crippen MR) is 124 cm³/mol. The van der Waals surface area contributed by atoms with Crippen LogP contribution in [0.2, 0.25) is 5.02 Å². The minimum Gasteiger partial charge on any atom is -0.326 e. The Bertz CT molecular complexity index is 1180. The molecule has 164 valence electrons. The SMILES string of the molecule is Cc1ccc(NC(=O)CCS(=O)(=O)c2cc3c(cc2Br)CCN3C(=O)C2CC2)cc1Cl. The van der Waals surface area contributed by atoms with Gasteiger partial charge in [-0.3, -0.25) is 9.59 Å². The molecule has 4 rings (SSSR count). The van der Waals surface area contributed by atoms with E-state index in [1.807, 2.05) is 6.92 Å². The van der Waals surface area contributed by atoms with Gasteiger partial charge in [0.15, 0.2) is 9.84 Å². The summed E-state index contributed by atoms with van der Waals surface area (Å²) < 4.78 is 26.4. The maximum absolute atomic E-state index is 13.0. The van der Waals surface area contributed by atoms with Gasteiger partial charge in [-0.2, -0.15) is 0 Å². The third kappa shape index (κ3) is 4.81. The molecule has 0 saturated heterocycles. The first kappa shape index (κ1) is 22.3. The van der Waals surface area contributed by atoms with Crippen molar-refractivity contribution >= 4 is 60.6 Å². The van der Waals surface area contributed by atoms with Crippen LogP contribution in [0.15, 0.2) is 39.7 Å². The summed E-state index contributed by atoms with van der Waals surface area (Å²) in [5, 5.41) is 3.20. The molecule has 9 heteroatoms. The second-order valence-electron chi connectivity index (χ2n) is 8.01. The minimum atomic E-state index is -3.74. The van der Waals surface area contributed by atoms with Gasteiger partial charge in [0, 0.05) is 39.8 Å². The number of aryl methyl sites for hydroxylation is 1. The fourth-order valence-corrected chi connectivity index (χ4v) is 6.27. The number of hydrogen-bond acceptors (Lipinski definition) is 4. The molecule has 1 aliphatic heterocycles. The Morgan fingerprint density at radius 2 is 1.97 bits per heavy atom. The van der Waals surface area contributed by atoms with E-state index < -0.39 is 15.7 Å².